The van der Waals surface area contributed by atoms with Gasteiger partial charge in [-0.15, -0.1) is 0 Å². The second kappa shape index (κ2) is 10.4. The summed E-state index contributed by atoms with van der Waals surface area (Å²) in [5, 5.41) is 33.9. The van der Waals surface area contributed by atoms with Crippen LogP contribution in [0.5, 0.6) is 0 Å². The van der Waals surface area contributed by atoms with E-state index in [4.69, 9.17) is 0 Å². The number of carbonyl (C=O) groups is 1. The number of carboxylic acids is 1. The summed E-state index contributed by atoms with van der Waals surface area (Å²) in [5.74, 6) is -1.44. The number of aromatic carboxylic acids is 1. The third-order valence-electron chi connectivity index (χ3n) is 5.22. The van der Waals surface area contributed by atoms with Crippen molar-refractivity contribution in [3.05, 3.63) is 109 Å². The highest BCUT2D eigenvalue weighted by Crippen LogP contribution is 2.44. The zero-order valence-corrected chi connectivity index (χ0v) is 18.0. The molecule has 0 atom stereocenters. The van der Waals surface area contributed by atoms with Crippen LogP contribution in [-0.2, 0) is 19.5 Å². The van der Waals surface area contributed by atoms with Crippen LogP contribution in [0.2, 0.25) is 0 Å². The number of hydrogen-bond acceptors (Lipinski definition) is 6. The highest BCUT2D eigenvalue weighted by Gasteiger charge is 2.36. The van der Waals surface area contributed by atoms with Crippen LogP contribution in [0.25, 0.3) is 0 Å². The topological polar surface area (TPSA) is 127 Å². The van der Waals surface area contributed by atoms with Crippen LogP contribution in [0.3, 0.4) is 0 Å². The van der Waals surface area contributed by atoms with Crippen molar-refractivity contribution in [2.24, 2.45) is 0 Å². The van der Waals surface area contributed by atoms with E-state index in [1.807, 2.05) is 60.7 Å². The molecule has 0 radical (unpaired) electrons. The molecular formula is C24H23N3O6. The molecule has 170 valence electrons. The van der Waals surface area contributed by atoms with Crippen molar-refractivity contribution in [2.75, 3.05) is 4.90 Å². The van der Waals surface area contributed by atoms with Crippen molar-refractivity contribution >= 4 is 23.0 Å². The second-order valence-corrected chi connectivity index (χ2v) is 7.52. The first-order chi connectivity index (χ1) is 15.8. The normalized spacial score (nSPS) is 10.6. The highest BCUT2D eigenvalue weighted by atomic mass is 16.6. The van der Waals surface area contributed by atoms with Gasteiger partial charge in [0.25, 0.3) is 0 Å². The van der Waals surface area contributed by atoms with Gasteiger partial charge < -0.3 is 10.0 Å². The Hall–Kier alpha value is -4.27. The molecule has 0 aliphatic carbocycles. The molecule has 0 aliphatic rings. The summed E-state index contributed by atoms with van der Waals surface area (Å²) in [5.41, 5.74) is -0.153. The Morgan fingerprint density at radius 1 is 0.909 bits per heavy atom. The number of nitro groups is 2. The van der Waals surface area contributed by atoms with E-state index in [0.717, 1.165) is 17.2 Å². The predicted molar refractivity (Wildman–Crippen MR) is 123 cm³/mol. The first-order valence-electron chi connectivity index (χ1n) is 10.4. The number of nitrogens with zero attached hydrogens (tertiary/aromatic N) is 3. The third-order valence-corrected chi connectivity index (χ3v) is 5.22. The molecule has 0 fully saturated rings. The smallest absolute Gasteiger partial charge is 0.336 e. The van der Waals surface area contributed by atoms with Crippen LogP contribution < -0.4 is 4.90 Å². The zero-order chi connectivity index (χ0) is 24.0. The Bertz CT molecular complexity index is 1120. The summed E-state index contributed by atoms with van der Waals surface area (Å²) in [6.07, 6.45) is 0.545. The molecule has 3 rings (SSSR count). The van der Waals surface area contributed by atoms with Gasteiger partial charge in [0.1, 0.15) is 0 Å². The predicted octanol–water partition coefficient (Wildman–Crippen LogP) is 5.36. The molecule has 0 saturated heterocycles. The number of anilines is 1. The number of nitro benzene ring substituents is 2. The molecule has 0 heterocycles. The van der Waals surface area contributed by atoms with E-state index < -0.39 is 32.8 Å². The van der Waals surface area contributed by atoms with Gasteiger partial charge >= 0.3 is 17.3 Å². The summed E-state index contributed by atoms with van der Waals surface area (Å²) in [7, 11) is 0. The molecule has 0 amide bonds. The lowest BCUT2D eigenvalue weighted by molar-refractivity contribution is -0.393. The maximum Gasteiger partial charge on any atom is 0.336 e. The summed E-state index contributed by atoms with van der Waals surface area (Å²) in [4.78, 5) is 36.2. The van der Waals surface area contributed by atoms with Gasteiger partial charge in [-0.1, -0.05) is 74.0 Å². The fourth-order valence-corrected chi connectivity index (χ4v) is 3.85. The third kappa shape index (κ3) is 5.32. The Kier molecular flexibility index (Phi) is 7.34. The van der Waals surface area contributed by atoms with Gasteiger partial charge in [-0.25, -0.2) is 4.79 Å². The van der Waals surface area contributed by atoms with Gasteiger partial charge in [0, 0.05) is 24.7 Å². The zero-order valence-electron chi connectivity index (χ0n) is 18.0. The minimum absolute atomic E-state index is 0.0123. The quantitative estimate of drug-likeness (QED) is 0.326. The summed E-state index contributed by atoms with van der Waals surface area (Å²) < 4.78 is 0. The van der Waals surface area contributed by atoms with E-state index in [1.54, 1.807) is 11.8 Å². The Morgan fingerprint density at radius 3 is 1.82 bits per heavy atom. The summed E-state index contributed by atoms with van der Waals surface area (Å²) in [6, 6.07) is 19.2. The minimum atomic E-state index is -1.44. The Morgan fingerprint density at radius 2 is 1.42 bits per heavy atom. The van der Waals surface area contributed by atoms with Crippen molar-refractivity contribution in [1.82, 2.24) is 0 Å². The van der Waals surface area contributed by atoms with E-state index in [-0.39, 0.29) is 30.8 Å². The maximum absolute atomic E-state index is 12.2. The van der Waals surface area contributed by atoms with E-state index in [1.165, 1.54) is 0 Å². The van der Waals surface area contributed by atoms with Gasteiger partial charge in [0.05, 0.1) is 15.4 Å². The standard InChI is InChI=1S/C24H23N3O6/c1-2-9-19-20(24(28)29)14-21(26(30)31)23(22(19)27(32)33)25(15-17-10-5-3-6-11-17)16-18-12-7-4-8-13-18/h3-8,10-14H,2,9,15-16H2,1H3,(H,28,29). The molecule has 1 N–H and O–H groups in total. The Balaban J connectivity index is 2.32. The molecule has 33 heavy (non-hydrogen) atoms. The van der Waals surface area contributed by atoms with E-state index in [9.17, 15) is 30.1 Å². The average Bonchev–Trinajstić information content (AvgIpc) is 2.79. The summed E-state index contributed by atoms with van der Waals surface area (Å²) in [6.45, 7) is 2.09. The molecule has 0 spiro atoms. The van der Waals surface area contributed by atoms with Crippen LogP contribution in [0.4, 0.5) is 17.1 Å². The molecule has 3 aromatic carbocycles. The first kappa shape index (κ1) is 23.4. The monoisotopic (exact) mass is 449 g/mol. The van der Waals surface area contributed by atoms with Crippen molar-refractivity contribution in [2.45, 2.75) is 32.9 Å². The van der Waals surface area contributed by atoms with Crippen LogP contribution in [0.1, 0.15) is 40.4 Å². The number of carboxylic acid groups (broad SMARTS) is 1. The van der Waals surface area contributed by atoms with E-state index in [0.29, 0.717) is 6.42 Å². The molecule has 0 unspecified atom stereocenters. The number of hydrogen-bond donors (Lipinski definition) is 1. The molecule has 9 heteroatoms. The Labute approximate surface area is 190 Å². The molecule has 0 bridgehead atoms. The molecule has 0 saturated carbocycles. The largest absolute Gasteiger partial charge is 0.478 e. The highest BCUT2D eigenvalue weighted by molar-refractivity contribution is 5.95. The van der Waals surface area contributed by atoms with Crippen molar-refractivity contribution < 1.29 is 19.7 Å². The van der Waals surface area contributed by atoms with Crippen LogP contribution >= 0.6 is 0 Å². The second-order valence-electron chi connectivity index (χ2n) is 7.52. The van der Waals surface area contributed by atoms with Crippen molar-refractivity contribution in [3.63, 3.8) is 0 Å². The fourth-order valence-electron chi connectivity index (χ4n) is 3.85. The molecule has 0 aromatic heterocycles. The maximum atomic E-state index is 12.2. The van der Waals surface area contributed by atoms with Crippen LogP contribution in [-0.4, -0.2) is 20.9 Å². The SMILES string of the molecule is CCCc1c(C(=O)O)cc([N+](=O)[O-])c(N(Cc2ccccc2)Cc2ccccc2)c1[N+](=O)[O-]. The van der Waals surface area contributed by atoms with Gasteiger partial charge in [-0.2, -0.15) is 0 Å². The van der Waals surface area contributed by atoms with Crippen molar-refractivity contribution in [3.8, 4) is 0 Å². The molecule has 0 aliphatic heterocycles. The van der Waals surface area contributed by atoms with Crippen LogP contribution in [0.15, 0.2) is 66.7 Å². The van der Waals surface area contributed by atoms with Gasteiger partial charge in [0.15, 0.2) is 5.69 Å². The van der Waals surface area contributed by atoms with Crippen molar-refractivity contribution in [1.29, 1.82) is 0 Å². The first-order valence-corrected chi connectivity index (χ1v) is 10.4. The lowest BCUT2D eigenvalue weighted by Crippen LogP contribution is -2.25. The summed E-state index contributed by atoms with van der Waals surface area (Å²) >= 11 is 0. The van der Waals surface area contributed by atoms with E-state index in [2.05, 4.69) is 0 Å². The average molecular weight is 449 g/mol. The molecular weight excluding hydrogens is 426 g/mol. The number of rotatable bonds is 10. The van der Waals surface area contributed by atoms with E-state index >= 15 is 0 Å². The number of benzene rings is 3. The lowest BCUT2D eigenvalue weighted by atomic mass is 9.97. The van der Waals surface area contributed by atoms with Crippen LogP contribution in [0, 0.1) is 20.2 Å². The van der Waals surface area contributed by atoms with Gasteiger partial charge in [0.2, 0.25) is 0 Å². The van der Waals surface area contributed by atoms with Gasteiger partial charge in [-0.3, -0.25) is 20.2 Å². The lowest BCUT2D eigenvalue weighted by Gasteiger charge is -2.26. The molecule has 9 nitrogen and oxygen atoms in total. The minimum Gasteiger partial charge on any atom is -0.478 e. The molecule has 3 aromatic rings. The van der Waals surface area contributed by atoms with Gasteiger partial charge in [-0.05, 0) is 17.5 Å². The fraction of sp³-hybridized carbons (Fsp3) is 0.208.